The van der Waals surface area contributed by atoms with Crippen molar-refractivity contribution < 1.29 is 9.84 Å². The Bertz CT molecular complexity index is 473. The van der Waals surface area contributed by atoms with Crippen molar-refractivity contribution in [2.24, 2.45) is 0 Å². The third-order valence-electron chi connectivity index (χ3n) is 2.59. The summed E-state index contributed by atoms with van der Waals surface area (Å²) in [5, 5.41) is 12.9. The molecule has 2 aromatic rings. The molecule has 1 aromatic carbocycles. The minimum atomic E-state index is -0.563. The minimum absolute atomic E-state index is 0.215. The zero-order valence-electron chi connectivity index (χ0n) is 10.7. The van der Waals surface area contributed by atoms with Gasteiger partial charge in [0.2, 0.25) is 5.88 Å². The number of hydrogen-bond donors (Lipinski definition) is 2. The summed E-state index contributed by atoms with van der Waals surface area (Å²) in [6, 6.07) is 8.30. The molecule has 1 unspecified atom stereocenters. The zero-order chi connectivity index (χ0) is 13.5. The van der Waals surface area contributed by atoms with Gasteiger partial charge in [0, 0.05) is 13.1 Å². The van der Waals surface area contributed by atoms with Crippen molar-refractivity contribution in [1.29, 1.82) is 0 Å². The first-order chi connectivity index (χ1) is 9.24. The Hall–Kier alpha value is -1.50. The lowest BCUT2D eigenvalue weighted by Crippen LogP contribution is -2.31. The van der Waals surface area contributed by atoms with E-state index in [4.69, 9.17) is 4.74 Å². The summed E-state index contributed by atoms with van der Waals surface area (Å²) in [5.74, 6) is 0.461. The van der Waals surface area contributed by atoms with Gasteiger partial charge in [-0.1, -0.05) is 29.8 Å². The number of aliphatic hydroxyl groups is 1. The van der Waals surface area contributed by atoms with Crippen LogP contribution in [0.5, 0.6) is 5.88 Å². The smallest absolute Gasteiger partial charge is 0.245 e. The number of hydrogen-bond acceptors (Lipinski definition) is 6. The average Bonchev–Trinajstić information content (AvgIpc) is 2.92. The third-order valence-corrected chi connectivity index (χ3v) is 3.06. The van der Waals surface area contributed by atoms with E-state index in [9.17, 15) is 5.11 Å². The molecule has 0 radical (unpaired) electrons. The summed E-state index contributed by atoms with van der Waals surface area (Å²) >= 11 is 1.09. The molecular formula is C13H17N3O2S. The first kappa shape index (κ1) is 13.9. The summed E-state index contributed by atoms with van der Waals surface area (Å²) < 4.78 is 13.0. The molecule has 0 bridgehead atoms. The maximum atomic E-state index is 9.74. The molecule has 0 spiro atoms. The van der Waals surface area contributed by atoms with Crippen LogP contribution in [0.4, 0.5) is 0 Å². The van der Waals surface area contributed by atoms with Gasteiger partial charge in [-0.15, -0.1) is 4.37 Å². The number of ether oxygens (including phenoxy) is 1. The Morgan fingerprint density at radius 2 is 2.16 bits per heavy atom. The molecule has 2 N–H and O–H groups in total. The molecule has 0 saturated heterocycles. The molecule has 0 aliphatic heterocycles. The van der Waals surface area contributed by atoms with Crippen LogP contribution >= 0.6 is 11.7 Å². The van der Waals surface area contributed by atoms with E-state index in [1.807, 2.05) is 0 Å². The highest BCUT2D eigenvalue weighted by Crippen LogP contribution is 2.05. The van der Waals surface area contributed by atoms with E-state index in [2.05, 4.69) is 45.3 Å². The molecule has 19 heavy (non-hydrogen) atoms. The average molecular weight is 279 g/mol. The van der Waals surface area contributed by atoms with Crippen LogP contribution in [0.15, 0.2) is 30.5 Å². The van der Waals surface area contributed by atoms with Gasteiger partial charge in [0.1, 0.15) is 18.9 Å². The number of rotatable bonds is 7. The number of nitrogens with one attached hydrogen (secondary N) is 1. The Morgan fingerprint density at radius 3 is 2.84 bits per heavy atom. The molecule has 2 rings (SSSR count). The van der Waals surface area contributed by atoms with E-state index in [0.29, 0.717) is 12.4 Å². The molecule has 0 fully saturated rings. The number of nitrogens with zero attached hydrogens (tertiary/aromatic N) is 2. The van der Waals surface area contributed by atoms with Crippen molar-refractivity contribution in [3.63, 3.8) is 0 Å². The Kier molecular flexibility index (Phi) is 5.26. The van der Waals surface area contributed by atoms with Crippen molar-refractivity contribution in [2.45, 2.75) is 19.6 Å². The monoisotopic (exact) mass is 279 g/mol. The van der Waals surface area contributed by atoms with Gasteiger partial charge in [-0.3, -0.25) is 0 Å². The maximum absolute atomic E-state index is 9.74. The van der Waals surface area contributed by atoms with Crippen LogP contribution in [0.3, 0.4) is 0 Å². The van der Waals surface area contributed by atoms with Crippen LogP contribution in [0.25, 0.3) is 0 Å². The second-order valence-electron chi connectivity index (χ2n) is 4.33. The molecule has 6 heteroatoms. The molecule has 1 heterocycles. The van der Waals surface area contributed by atoms with Crippen LogP contribution in [0.2, 0.25) is 0 Å². The molecule has 0 saturated carbocycles. The van der Waals surface area contributed by atoms with Gasteiger partial charge in [0.05, 0.1) is 11.7 Å². The fourth-order valence-electron chi connectivity index (χ4n) is 1.55. The lowest BCUT2D eigenvalue weighted by Gasteiger charge is -2.12. The van der Waals surface area contributed by atoms with Crippen LogP contribution in [-0.4, -0.2) is 33.1 Å². The number of aryl methyl sites for hydroxylation is 1. The Balaban J connectivity index is 1.63. The molecule has 1 atom stereocenters. The topological polar surface area (TPSA) is 67.3 Å². The fraction of sp³-hybridized carbons (Fsp3) is 0.385. The molecule has 0 aliphatic rings. The normalized spacial score (nSPS) is 12.3. The second-order valence-corrected chi connectivity index (χ2v) is 4.88. The summed E-state index contributed by atoms with van der Waals surface area (Å²) in [6.45, 7) is 3.49. The van der Waals surface area contributed by atoms with Crippen LogP contribution < -0.4 is 10.1 Å². The number of aromatic nitrogens is 2. The van der Waals surface area contributed by atoms with E-state index >= 15 is 0 Å². The first-order valence-corrected chi connectivity index (χ1v) is 6.82. The lowest BCUT2D eigenvalue weighted by atomic mass is 10.1. The molecule has 102 valence electrons. The van der Waals surface area contributed by atoms with E-state index in [0.717, 1.165) is 18.3 Å². The number of aliphatic hydroxyl groups excluding tert-OH is 1. The van der Waals surface area contributed by atoms with Crippen molar-refractivity contribution in [2.75, 3.05) is 13.2 Å². The van der Waals surface area contributed by atoms with Crippen molar-refractivity contribution >= 4 is 11.7 Å². The van der Waals surface area contributed by atoms with Gasteiger partial charge in [0.25, 0.3) is 0 Å². The minimum Gasteiger partial charge on any atom is -0.473 e. The fourth-order valence-corrected chi connectivity index (χ4v) is 1.91. The Labute approximate surface area is 116 Å². The summed E-state index contributed by atoms with van der Waals surface area (Å²) in [4.78, 5) is 0. The number of benzene rings is 1. The van der Waals surface area contributed by atoms with Gasteiger partial charge in [-0.25, -0.2) is 0 Å². The zero-order valence-corrected chi connectivity index (χ0v) is 11.6. The summed E-state index contributed by atoms with van der Waals surface area (Å²) in [5.41, 5.74) is 2.44. The Morgan fingerprint density at radius 1 is 1.37 bits per heavy atom. The highest BCUT2D eigenvalue weighted by atomic mass is 32.1. The maximum Gasteiger partial charge on any atom is 0.245 e. The molecule has 0 aliphatic carbocycles. The summed E-state index contributed by atoms with van der Waals surface area (Å²) in [7, 11) is 0. The van der Waals surface area contributed by atoms with Crippen molar-refractivity contribution in [3.05, 3.63) is 41.6 Å². The van der Waals surface area contributed by atoms with Crippen LogP contribution in [-0.2, 0) is 6.54 Å². The standard InChI is InChI=1S/C13H17N3O2S/c1-10-2-4-11(5-3-10)6-14-7-12(17)9-18-13-8-15-19-16-13/h2-5,8,12,14,17H,6-7,9H2,1H3. The van der Waals surface area contributed by atoms with E-state index in [1.165, 1.54) is 17.3 Å². The third kappa shape index (κ3) is 4.94. The first-order valence-electron chi connectivity index (χ1n) is 6.09. The van der Waals surface area contributed by atoms with E-state index < -0.39 is 6.10 Å². The summed E-state index contributed by atoms with van der Waals surface area (Å²) in [6.07, 6.45) is 0.976. The second kappa shape index (κ2) is 7.18. The largest absolute Gasteiger partial charge is 0.473 e. The van der Waals surface area contributed by atoms with Gasteiger partial charge < -0.3 is 15.2 Å². The van der Waals surface area contributed by atoms with E-state index in [1.54, 1.807) is 0 Å². The van der Waals surface area contributed by atoms with Gasteiger partial charge in [0.15, 0.2) is 0 Å². The molecule has 5 nitrogen and oxygen atoms in total. The molecule has 0 amide bonds. The lowest BCUT2D eigenvalue weighted by molar-refractivity contribution is 0.104. The van der Waals surface area contributed by atoms with Crippen molar-refractivity contribution in [3.8, 4) is 5.88 Å². The SMILES string of the molecule is Cc1ccc(CNCC(O)COc2cnsn2)cc1. The highest BCUT2D eigenvalue weighted by Gasteiger charge is 2.06. The van der Waals surface area contributed by atoms with Gasteiger partial charge in [-0.05, 0) is 12.5 Å². The predicted molar refractivity (Wildman–Crippen MR) is 74.3 cm³/mol. The predicted octanol–water partition coefficient (Wildman–Crippen LogP) is 1.38. The van der Waals surface area contributed by atoms with Crippen LogP contribution in [0.1, 0.15) is 11.1 Å². The molecule has 1 aromatic heterocycles. The van der Waals surface area contributed by atoms with E-state index in [-0.39, 0.29) is 6.61 Å². The van der Waals surface area contributed by atoms with Gasteiger partial charge in [-0.2, -0.15) is 4.37 Å². The quantitative estimate of drug-likeness (QED) is 0.801. The van der Waals surface area contributed by atoms with Crippen molar-refractivity contribution in [1.82, 2.24) is 14.1 Å². The van der Waals surface area contributed by atoms with Gasteiger partial charge >= 0.3 is 0 Å². The molecular weight excluding hydrogens is 262 g/mol. The van der Waals surface area contributed by atoms with Crippen LogP contribution in [0, 0.1) is 6.92 Å². The highest BCUT2D eigenvalue weighted by molar-refractivity contribution is 6.99.